The summed E-state index contributed by atoms with van der Waals surface area (Å²) >= 11 is 0. The lowest BCUT2D eigenvalue weighted by atomic mass is 9.99. The van der Waals surface area contributed by atoms with Crippen LogP contribution >= 0.6 is 0 Å². The fourth-order valence-electron chi connectivity index (χ4n) is 1.38. The zero-order valence-corrected chi connectivity index (χ0v) is 11.0. The van der Waals surface area contributed by atoms with Gasteiger partial charge in [-0.1, -0.05) is 20.3 Å². The fourth-order valence-corrected chi connectivity index (χ4v) is 1.38. The lowest BCUT2D eigenvalue weighted by Gasteiger charge is -2.20. The zero-order chi connectivity index (χ0) is 13.4. The second-order valence-corrected chi connectivity index (χ2v) is 4.35. The van der Waals surface area contributed by atoms with Gasteiger partial charge in [0.05, 0.1) is 6.10 Å². The van der Waals surface area contributed by atoms with E-state index in [1.165, 1.54) is 0 Å². The number of methoxy groups -OCH3 is 1. The monoisotopic (exact) mass is 245 g/mol. The van der Waals surface area contributed by atoms with Gasteiger partial charge in [0, 0.05) is 13.5 Å². The first-order valence-electron chi connectivity index (χ1n) is 5.97. The summed E-state index contributed by atoms with van der Waals surface area (Å²) in [5.41, 5.74) is 0. The van der Waals surface area contributed by atoms with E-state index in [-0.39, 0.29) is 24.3 Å². The maximum Gasteiger partial charge on any atom is 0.326 e. The number of hydrogen-bond donors (Lipinski definition) is 2. The highest BCUT2D eigenvalue weighted by Crippen LogP contribution is 2.09. The van der Waals surface area contributed by atoms with Gasteiger partial charge in [-0.3, -0.25) is 4.79 Å². The van der Waals surface area contributed by atoms with Gasteiger partial charge in [0.15, 0.2) is 0 Å². The van der Waals surface area contributed by atoms with Crippen molar-refractivity contribution in [1.82, 2.24) is 5.32 Å². The van der Waals surface area contributed by atoms with E-state index in [1.807, 2.05) is 20.8 Å². The third-order valence-electron chi connectivity index (χ3n) is 2.98. The number of ether oxygens (including phenoxy) is 1. The Balaban J connectivity index is 4.18. The summed E-state index contributed by atoms with van der Waals surface area (Å²) in [7, 11) is 1.59. The molecule has 3 atom stereocenters. The number of nitrogens with one attached hydrogen (secondary N) is 1. The summed E-state index contributed by atoms with van der Waals surface area (Å²) in [6, 6.07) is -0.801. The van der Waals surface area contributed by atoms with Crippen molar-refractivity contribution in [3.05, 3.63) is 0 Å². The topological polar surface area (TPSA) is 75.6 Å². The summed E-state index contributed by atoms with van der Waals surface area (Å²) in [6.45, 7) is 5.59. The molecule has 5 nitrogen and oxygen atoms in total. The first kappa shape index (κ1) is 15.9. The molecule has 0 aliphatic heterocycles. The van der Waals surface area contributed by atoms with Crippen LogP contribution in [-0.2, 0) is 14.3 Å². The Hall–Kier alpha value is -1.10. The van der Waals surface area contributed by atoms with Crippen LogP contribution in [-0.4, -0.2) is 36.2 Å². The highest BCUT2D eigenvalue weighted by atomic mass is 16.5. The molecule has 0 rings (SSSR count). The van der Waals surface area contributed by atoms with Crippen LogP contribution in [0.1, 0.15) is 40.0 Å². The van der Waals surface area contributed by atoms with E-state index in [4.69, 9.17) is 9.84 Å². The van der Waals surface area contributed by atoms with Crippen LogP contribution < -0.4 is 5.32 Å². The molecule has 0 saturated carbocycles. The molecule has 5 heteroatoms. The first-order chi connectivity index (χ1) is 7.92. The van der Waals surface area contributed by atoms with Crippen molar-refractivity contribution in [2.24, 2.45) is 5.92 Å². The van der Waals surface area contributed by atoms with Crippen LogP contribution in [0.2, 0.25) is 0 Å². The summed E-state index contributed by atoms with van der Waals surface area (Å²) < 4.78 is 5.03. The third kappa shape index (κ3) is 6.26. The molecule has 0 aromatic rings. The average Bonchev–Trinajstić information content (AvgIpc) is 2.31. The number of carboxylic acids is 1. The van der Waals surface area contributed by atoms with Gasteiger partial charge in [-0.2, -0.15) is 0 Å². The van der Waals surface area contributed by atoms with E-state index in [2.05, 4.69) is 5.32 Å². The Morgan fingerprint density at radius 2 is 1.94 bits per heavy atom. The molecular weight excluding hydrogens is 222 g/mol. The van der Waals surface area contributed by atoms with Crippen LogP contribution in [0.5, 0.6) is 0 Å². The van der Waals surface area contributed by atoms with E-state index in [1.54, 1.807) is 7.11 Å². The Bertz CT molecular complexity index is 255. The van der Waals surface area contributed by atoms with Crippen molar-refractivity contribution < 1.29 is 19.4 Å². The van der Waals surface area contributed by atoms with Crippen molar-refractivity contribution in [3.63, 3.8) is 0 Å². The smallest absolute Gasteiger partial charge is 0.326 e. The number of carbonyl (C=O) groups is 2. The maximum atomic E-state index is 11.6. The predicted octanol–water partition coefficient (Wildman–Crippen LogP) is 1.42. The molecule has 1 amide bonds. The van der Waals surface area contributed by atoms with Gasteiger partial charge in [0.1, 0.15) is 6.04 Å². The molecule has 1 unspecified atom stereocenters. The maximum absolute atomic E-state index is 11.6. The van der Waals surface area contributed by atoms with E-state index in [0.29, 0.717) is 12.8 Å². The first-order valence-corrected chi connectivity index (χ1v) is 5.97. The van der Waals surface area contributed by atoms with Crippen molar-refractivity contribution in [1.29, 1.82) is 0 Å². The molecule has 17 heavy (non-hydrogen) atoms. The fraction of sp³-hybridized carbons (Fsp3) is 0.833. The number of rotatable bonds is 8. The second kappa shape index (κ2) is 8.06. The SMILES string of the molecule is CC[C@H](C)[C@H](NC(=O)CCC(C)OC)C(=O)O. The van der Waals surface area contributed by atoms with Crippen molar-refractivity contribution in [3.8, 4) is 0 Å². The highest BCUT2D eigenvalue weighted by molar-refractivity contribution is 5.83. The van der Waals surface area contributed by atoms with E-state index in [0.717, 1.165) is 0 Å². The quantitative estimate of drug-likeness (QED) is 0.678. The number of aliphatic carboxylic acids is 1. The van der Waals surface area contributed by atoms with Crippen LogP contribution in [0.15, 0.2) is 0 Å². The number of carbonyl (C=O) groups excluding carboxylic acids is 1. The van der Waals surface area contributed by atoms with Crippen molar-refractivity contribution in [2.75, 3.05) is 7.11 Å². The Labute approximate surface area is 103 Å². The molecule has 2 N–H and O–H groups in total. The van der Waals surface area contributed by atoms with Crippen molar-refractivity contribution in [2.45, 2.75) is 52.2 Å². The van der Waals surface area contributed by atoms with Gasteiger partial charge in [0.2, 0.25) is 5.91 Å². The van der Waals surface area contributed by atoms with Crippen LogP contribution in [0.3, 0.4) is 0 Å². The number of amides is 1. The van der Waals surface area contributed by atoms with Crippen molar-refractivity contribution >= 4 is 11.9 Å². The minimum atomic E-state index is -0.979. The summed E-state index contributed by atoms with van der Waals surface area (Å²) in [5, 5.41) is 11.6. The highest BCUT2D eigenvalue weighted by Gasteiger charge is 2.25. The molecule has 0 aliphatic carbocycles. The predicted molar refractivity (Wildman–Crippen MR) is 64.7 cm³/mol. The van der Waals surface area contributed by atoms with Gasteiger partial charge in [0.25, 0.3) is 0 Å². The molecular formula is C12H23NO4. The van der Waals surface area contributed by atoms with Gasteiger partial charge < -0.3 is 15.2 Å². The molecule has 0 fully saturated rings. The van der Waals surface area contributed by atoms with Crippen LogP contribution in [0.25, 0.3) is 0 Å². The zero-order valence-electron chi connectivity index (χ0n) is 11.0. The van der Waals surface area contributed by atoms with E-state index < -0.39 is 12.0 Å². The Morgan fingerprint density at radius 1 is 1.35 bits per heavy atom. The van der Waals surface area contributed by atoms with Gasteiger partial charge >= 0.3 is 5.97 Å². The molecule has 0 radical (unpaired) electrons. The minimum Gasteiger partial charge on any atom is -0.480 e. The lowest BCUT2D eigenvalue weighted by molar-refractivity contribution is -0.143. The minimum absolute atomic E-state index is 0.00706. The Kier molecular flexibility index (Phi) is 7.54. The molecule has 0 spiro atoms. The third-order valence-corrected chi connectivity index (χ3v) is 2.98. The molecule has 100 valence electrons. The van der Waals surface area contributed by atoms with Crippen LogP contribution in [0, 0.1) is 5.92 Å². The van der Waals surface area contributed by atoms with Gasteiger partial charge in [-0.15, -0.1) is 0 Å². The lowest BCUT2D eigenvalue weighted by Crippen LogP contribution is -2.45. The standard InChI is InChI=1S/C12H23NO4/c1-5-8(2)11(12(15)16)13-10(14)7-6-9(3)17-4/h8-9,11H,5-7H2,1-4H3,(H,13,14)(H,15,16)/t8-,9?,11-/m0/s1. The molecule has 0 aromatic heterocycles. The number of hydrogen-bond acceptors (Lipinski definition) is 3. The summed E-state index contributed by atoms with van der Waals surface area (Å²) in [4.78, 5) is 22.6. The summed E-state index contributed by atoms with van der Waals surface area (Å²) in [5.74, 6) is -1.29. The second-order valence-electron chi connectivity index (χ2n) is 4.35. The Morgan fingerprint density at radius 3 is 2.35 bits per heavy atom. The average molecular weight is 245 g/mol. The number of carboxylic acid groups (broad SMARTS) is 1. The van der Waals surface area contributed by atoms with Gasteiger partial charge in [-0.25, -0.2) is 4.79 Å². The normalized spacial score (nSPS) is 16.0. The largest absolute Gasteiger partial charge is 0.480 e. The molecule has 0 aliphatic rings. The molecule has 0 heterocycles. The van der Waals surface area contributed by atoms with E-state index in [9.17, 15) is 9.59 Å². The molecule has 0 bridgehead atoms. The van der Waals surface area contributed by atoms with E-state index >= 15 is 0 Å². The molecule has 0 aromatic carbocycles. The van der Waals surface area contributed by atoms with Gasteiger partial charge in [-0.05, 0) is 19.3 Å². The van der Waals surface area contributed by atoms with Crippen LogP contribution in [0.4, 0.5) is 0 Å². The molecule has 0 saturated heterocycles. The summed E-state index contributed by atoms with van der Waals surface area (Å²) in [6.07, 6.45) is 1.60.